The molecule has 2 aromatic rings. The fourth-order valence-corrected chi connectivity index (χ4v) is 2.84. The molecule has 0 N–H and O–H groups in total. The Morgan fingerprint density at radius 3 is 2.50 bits per heavy atom. The van der Waals surface area contributed by atoms with Crippen LogP contribution in [-0.4, -0.2) is 18.5 Å². The van der Waals surface area contributed by atoms with E-state index in [1.807, 2.05) is 55.8 Å². The molecule has 0 radical (unpaired) electrons. The highest BCUT2D eigenvalue weighted by Crippen LogP contribution is 2.23. The van der Waals surface area contributed by atoms with Gasteiger partial charge >= 0.3 is 0 Å². The molecule has 2 rings (SSSR count). The molecular formula is C21H24N2S. The molecule has 24 heavy (non-hydrogen) atoms. The number of hydrogen-bond acceptors (Lipinski definition) is 2. The van der Waals surface area contributed by atoms with Crippen LogP contribution in [0.3, 0.4) is 0 Å². The van der Waals surface area contributed by atoms with Crippen molar-refractivity contribution in [1.29, 1.82) is 0 Å². The van der Waals surface area contributed by atoms with Crippen molar-refractivity contribution in [2.24, 2.45) is 4.99 Å². The number of nitrogens with zero attached hydrogens (tertiary/aromatic N) is 2. The minimum absolute atomic E-state index is 0.946. The maximum Gasteiger partial charge on any atom is 0.168 e. The van der Waals surface area contributed by atoms with E-state index in [9.17, 15) is 0 Å². The van der Waals surface area contributed by atoms with Crippen molar-refractivity contribution in [3.8, 4) is 11.8 Å². The molecule has 0 unspecified atom stereocenters. The maximum absolute atomic E-state index is 4.76. The van der Waals surface area contributed by atoms with Gasteiger partial charge in [-0.15, -0.1) is 0 Å². The second kappa shape index (κ2) is 9.85. The quantitative estimate of drug-likeness (QED) is 0.307. The van der Waals surface area contributed by atoms with E-state index < -0.39 is 0 Å². The Hall–Kier alpha value is -2.18. The highest BCUT2D eigenvalue weighted by Gasteiger charge is 2.11. The first-order chi connectivity index (χ1) is 11.8. The van der Waals surface area contributed by atoms with Crippen molar-refractivity contribution in [2.45, 2.75) is 26.2 Å². The maximum atomic E-state index is 4.76. The standard InChI is InChI=1S/C21H24N2S/c1-4-5-6-8-13-18-14-11-12-17-20(18)23(2)21(24-3)22-19-15-9-7-10-16-19/h7,9-12,14-17H,4-6H2,1-3H3. The first-order valence-corrected chi connectivity index (χ1v) is 9.48. The molecule has 0 spiro atoms. The first-order valence-electron chi connectivity index (χ1n) is 8.25. The topological polar surface area (TPSA) is 15.6 Å². The molecule has 0 aromatic heterocycles. The van der Waals surface area contributed by atoms with Crippen molar-refractivity contribution in [3.63, 3.8) is 0 Å². The third kappa shape index (κ3) is 5.18. The summed E-state index contributed by atoms with van der Waals surface area (Å²) in [4.78, 5) is 6.87. The van der Waals surface area contributed by atoms with Crippen LogP contribution >= 0.6 is 11.8 Å². The van der Waals surface area contributed by atoms with Crippen LogP contribution in [0, 0.1) is 11.8 Å². The van der Waals surface area contributed by atoms with Crippen molar-refractivity contribution < 1.29 is 0 Å². The lowest BCUT2D eigenvalue weighted by molar-refractivity contribution is 0.828. The molecule has 0 aliphatic carbocycles. The largest absolute Gasteiger partial charge is 0.323 e. The van der Waals surface area contributed by atoms with Crippen molar-refractivity contribution in [1.82, 2.24) is 0 Å². The number of aliphatic imine (C=N–C) groups is 1. The van der Waals surface area contributed by atoms with E-state index in [4.69, 9.17) is 4.99 Å². The van der Waals surface area contributed by atoms with Gasteiger partial charge < -0.3 is 4.90 Å². The molecule has 0 atom stereocenters. The number of para-hydroxylation sites is 2. The predicted octanol–water partition coefficient (Wildman–Crippen LogP) is 5.72. The van der Waals surface area contributed by atoms with E-state index in [0.29, 0.717) is 0 Å². The molecule has 2 aromatic carbocycles. The summed E-state index contributed by atoms with van der Waals surface area (Å²) in [5.74, 6) is 6.60. The van der Waals surface area contributed by atoms with Crippen molar-refractivity contribution >= 4 is 28.3 Å². The van der Waals surface area contributed by atoms with Gasteiger partial charge in [-0.05, 0) is 36.9 Å². The Balaban J connectivity index is 2.28. The molecule has 124 valence electrons. The second-order valence-corrected chi connectivity index (χ2v) is 6.19. The van der Waals surface area contributed by atoms with Gasteiger partial charge in [0.05, 0.1) is 11.4 Å². The van der Waals surface area contributed by atoms with Gasteiger partial charge in [0.2, 0.25) is 0 Å². The van der Waals surface area contributed by atoms with Gasteiger partial charge in [-0.2, -0.15) is 0 Å². The molecule has 0 aliphatic rings. The molecule has 0 bridgehead atoms. The summed E-state index contributed by atoms with van der Waals surface area (Å²) >= 11 is 1.64. The summed E-state index contributed by atoms with van der Waals surface area (Å²) in [5, 5.41) is 0.948. The Labute approximate surface area is 150 Å². The molecule has 0 fully saturated rings. The fourth-order valence-electron chi connectivity index (χ4n) is 2.27. The van der Waals surface area contributed by atoms with Crippen molar-refractivity contribution in [2.75, 3.05) is 18.2 Å². The SMILES string of the molecule is CCCCC#Cc1ccccc1N(C)C(=Nc1ccccc1)SC. The van der Waals surface area contributed by atoms with Crippen molar-refractivity contribution in [3.05, 3.63) is 60.2 Å². The molecule has 0 heterocycles. The molecule has 0 aliphatic heterocycles. The van der Waals surface area contributed by atoms with E-state index in [1.165, 1.54) is 6.42 Å². The van der Waals surface area contributed by atoms with Gasteiger partial charge in [0.25, 0.3) is 0 Å². The van der Waals surface area contributed by atoms with Crippen LogP contribution < -0.4 is 4.90 Å². The summed E-state index contributed by atoms with van der Waals surface area (Å²) in [6.07, 6.45) is 5.32. The van der Waals surface area contributed by atoms with Crippen LogP contribution in [0.2, 0.25) is 0 Å². The highest BCUT2D eigenvalue weighted by molar-refractivity contribution is 8.13. The van der Waals surface area contributed by atoms with Crippen LogP contribution in [0.5, 0.6) is 0 Å². The minimum Gasteiger partial charge on any atom is -0.323 e. The monoisotopic (exact) mass is 336 g/mol. The normalized spacial score (nSPS) is 10.9. The van der Waals surface area contributed by atoms with Gasteiger partial charge in [-0.25, -0.2) is 4.99 Å². The predicted molar refractivity (Wildman–Crippen MR) is 108 cm³/mol. The molecular weight excluding hydrogens is 312 g/mol. The first kappa shape index (κ1) is 18.2. The third-order valence-electron chi connectivity index (χ3n) is 3.59. The van der Waals surface area contributed by atoms with Gasteiger partial charge in [-0.3, -0.25) is 0 Å². The zero-order valence-corrected chi connectivity index (χ0v) is 15.4. The highest BCUT2D eigenvalue weighted by atomic mass is 32.2. The molecule has 2 nitrogen and oxygen atoms in total. The lowest BCUT2D eigenvalue weighted by Gasteiger charge is -2.21. The minimum atomic E-state index is 0.946. The Morgan fingerprint density at radius 1 is 1.08 bits per heavy atom. The average molecular weight is 337 g/mol. The average Bonchev–Trinajstić information content (AvgIpc) is 2.64. The second-order valence-electron chi connectivity index (χ2n) is 5.42. The zero-order chi connectivity index (χ0) is 17.2. The number of anilines is 1. The molecule has 0 saturated heterocycles. The van der Waals surface area contributed by atoms with Gasteiger partial charge in [0, 0.05) is 19.0 Å². The van der Waals surface area contributed by atoms with Gasteiger partial charge in [-0.1, -0.05) is 67.3 Å². The summed E-state index contributed by atoms with van der Waals surface area (Å²) in [7, 11) is 2.05. The van der Waals surface area contributed by atoms with E-state index in [-0.39, 0.29) is 0 Å². The fraction of sp³-hybridized carbons (Fsp3) is 0.286. The van der Waals surface area contributed by atoms with Crippen LogP contribution in [0.4, 0.5) is 11.4 Å². The summed E-state index contributed by atoms with van der Waals surface area (Å²) in [5.41, 5.74) is 3.09. The summed E-state index contributed by atoms with van der Waals surface area (Å²) < 4.78 is 0. The summed E-state index contributed by atoms with van der Waals surface area (Å²) in [6.45, 7) is 2.19. The van der Waals surface area contributed by atoms with Gasteiger partial charge in [0.1, 0.15) is 0 Å². The van der Waals surface area contributed by atoms with E-state index in [0.717, 1.165) is 34.9 Å². The molecule has 3 heteroatoms. The number of benzene rings is 2. The van der Waals surface area contributed by atoms with E-state index >= 15 is 0 Å². The van der Waals surface area contributed by atoms with E-state index in [2.05, 4.69) is 35.8 Å². The number of rotatable bonds is 4. The Bertz CT molecular complexity index is 726. The lowest BCUT2D eigenvalue weighted by atomic mass is 10.1. The van der Waals surface area contributed by atoms with Crippen LogP contribution in [0.1, 0.15) is 31.7 Å². The van der Waals surface area contributed by atoms with Gasteiger partial charge in [0.15, 0.2) is 5.17 Å². The number of amidine groups is 1. The Morgan fingerprint density at radius 2 is 1.79 bits per heavy atom. The van der Waals surface area contributed by atoms with Crippen LogP contribution in [0.15, 0.2) is 59.6 Å². The van der Waals surface area contributed by atoms with Crippen LogP contribution in [-0.2, 0) is 0 Å². The summed E-state index contributed by atoms with van der Waals surface area (Å²) in [6, 6.07) is 18.3. The Kier molecular flexibility index (Phi) is 7.45. The number of unbranched alkanes of at least 4 members (excludes halogenated alkanes) is 2. The molecule has 0 amide bonds. The van der Waals surface area contributed by atoms with Crippen LogP contribution in [0.25, 0.3) is 0 Å². The molecule has 0 saturated carbocycles. The number of thioether (sulfide) groups is 1. The zero-order valence-electron chi connectivity index (χ0n) is 14.6. The third-order valence-corrected chi connectivity index (χ3v) is 4.32. The van der Waals surface area contributed by atoms with E-state index in [1.54, 1.807) is 11.8 Å². The lowest BCUT2D eigenvalue weighted by Crippen LogP contribution is -2.23. The number of hydrogen-bond donors (Lipinski definition) is 0. The smallest absolute Gasteiger partial charge is 0.168 e.